The van der Waals surface area contributed by atoms with Crippen LogP contribution in [0.5, 0.6) is 11.8 Å². The van der Waals surface area contributed by atoms with Gasteiger partial charge in [0.2, 0.25) is 0 Å². The van der Waals surface area contributed by atoms with Crippen LogP contribution in [0.25, 0.3) is 6.08 Å². The van der Waals surface area contributed by atoms with Crippen molar-refractivity contribution in [2.45, 2.75) is 40.0 Å². The lowest BCUT2D eigenvalue weighted by Gasteiger charge is -2.07. The number of hydrogen-bond acceptors (Lipinski definition) is 4. The highest BCUT2D eigenvalue weighted by molar-refractivity contribution is 6.31. The first-order valence-electron chi connectivity index (χ1n) is 8.44. The molecule has 1 aromatic heterocycles. The summed E-state index contributed by atoms with van der Waals surface area (Å²) < 4.78 is 5.65. The standard InChI is InChI=1S/C20H23ClN2O2/c1-4-5-17-8-9-18(11-19(17)21)25-20-22-12-16(13-23-20)7-6-14(2)10-15(3)24/h6-9,11-14H,4-5,10H2,1-3H3/b7-6+/t14-/m0/s1. The highest BCUT2D eigenvalue weighted by atomic mass is 35.5. The summed E-state index contributed by atoms with van der Waals surface area (Å²) in [5, 5.41) is 0.693. The molecule has 0 aliphatic rings. The van der Waals surface area contributed by atoms with Gasteiger partial charge in [0.15, 0.2) is 0 Å². The van der Waals surface area contributed by atoms with E-state index >= 15 is 0 Å². The largest absolute Gasteiger partial charge is 0.424 e. The van der Waals surface area contributed by atoms with Gasteiger partial charge in [0.05, 0.1) is 0 Å². The van der Waals surface area contributed by atoms with Gasteiger partial charge in [-0.25, -0.2) is 9.97 Å². The molecule has 0 unspecified atom stereocenters. The van der Waals surface area contributed by atoms with Crippen molar-refractivity contribution >= 4 is 23.5 Å². The minimum atomic E-state index is 0.181. The van der Waals surface area contributed by atoms with Gasteiger partial charge in [-0.05, 0) is 37.0 Å². The Balaban J connectivity index is 1.99. The van der Waals surface area contributed by atoms with Gasteiger partial charge >= 0.3 is 6.01 Å². The Morgan fingerprint density at radius 2 is 2.04 bits per heavy atom. The number of hydrogen-bond donors (Lipinski definition) is 0. The number of allylic oxidation sites excluding steroid dienone is 1. The first-order chi connectivity index (χ1) is 12.0. The predicted molar refractivity (Wildman–Crippen MR) is 101 cm³/mol. The Hall–Kier alpha value is -2.20. The Morgan fingerprint density at radius 1 is 1.32 bits per heavy atom. The first kappa shape index (κ1) is 19.1. The third kappa shape index (κ3) is 6.31. The van der Waals surface area contributed by atoms with Crippen LogP contribution in [0.4, 0.5) is 0 Å². The second-order valence-electron chi connectivity index (χ2n) is 6.15. The van der Waals surface area contributed by atoms with Gasteiger partial charge in [-0.3, -0.25) is 0 Å². The maximum Gasteiger partial charge on any atom is 0.321 e. The number of halogens is 1. The van der Waals surface area contributed by atoms with E-state index in [4.69, 9.17) is 16.3 Å². The van der Waals surface area contributed by atoms with Gasteiger partial charge in [-0.2, -0.15) is 0 Å². The summed E-state index contributed by atoms with van der Waals surface area (Å²) in [6, 6.07) is 5.90. The highest BCUT2D eigenvalue weighted by Gasteiger charge is 2.05. The van der Waals surface area contributed by atoms with E-state index in [1.165, 1.54) is 0 Å². The number of carbonyl (C=O) groups excluding carboxylic acids is 1. The predicted octanol–water partition coefficient (Wildman–Crippen LogP) is 5.50. The number of ketones is 1. The van der Waals surface area contributed by atoms with Gasteiger partial charge in [0, 0.05) is 29.4 Å². The van der Waals surface area contributed by atoms with Crippen LogP contribution in [-0.4, -0.2) is 15.8 Å². The summed E-state index contributed by atoms with van der Waals surface area (Å²) in [5.41, 5.74) is 1.97. The number of ether oxygens (including phenoxy) is 1. The average Bonchev–Trinajstić information content (AvgIpc) is 2.56. The molecule has 0 bridgehead atoms. The Kier molecular flexibility index (Phi) is 7.14. The van der Waals surface area contributed by atoms with Crippen LogP contribution < -0.4 is 4.74 Å². The molecule has 0 saturated heterocycles. The summed E-state index contributed by atoms with van der Waals surface area (Å²) in [6.45, 7) is 5.72. The third-order valence-electron chi connectivity index (χ3n) is 3.63. The van der Waals surface area contributed by atoms with Gasteiger partial charge in [-0.15, -0.1) is 0 Å². The minimum Gasteiger partial charge on any atom is -0.424 e. The molecule has 0 fully saturated rings. The molecule has 0 aliphatic heterocycles. The molecule has 1 atom stereocenters. The summed E-state index contributed by atoms with van der Waals surface area (Å²) in [5.74, 6) is 0.987. The van der Waals surface area contributed by atoms with Crippen molar-refractivity contribution in [3.05, 3.63) is 52.8 Å². The van der Waals surface area contributed by atoms with Crippen molar-refractivity contribution in [2.75, 3.05) is 0 Å². The number of Topliss-reactive ketones (excluding diaryl/α,β-unsaturated/α-hetero) is 1. The van der Waals surface area contributed by atoms with E-state index in [1.807, 2.05) is 31.2 Å². The van der Waals surface area contributed by atoms with Crippen molar-refractivity contribution in [3.63, 3.8) is 0 Å². The molecule has 1 aromatic carbocycles. The van der Waals surface area contributed by atoms with E-state index in [9.17, 15) is 4.79 Å². The van der Waals surface area contributed by atoms with Crippen LogP contribution in [0.1, 0.15) is 44.7 Å². The summed E-state index contributed by atoms with van der Waals surface area (Å²) in [4.78, 5) is 19.5. The van der Waals surface area contributed by atoms with E-state index in [0.717, 1.165) is 24.0 Å². The zero-order chi connectivity index (χ0) is 18.2. The van der Waals surface area contributed by atoms with Crippen molar-refractivity contribution in [3.8, 4) is 11.8 Å². The quantitative estimate of drug-likeness (QED) is 0.624. The van der Waals surface area contributed by atoms with Crippen LogP contribution in [0, 0.1) is 5.92 Å². The topological polar surface area (TPSA) is 52.1 Å². The van der Waals surface area contributed by atoms with Crippen molar-refractivity contribution in [2.24, 2.45) is 5.92 Å². The molecule has 132 valence electrons. The number of carbonyl (C=O) groups is 1. The Bertz CT molecular complexity index is 742. The lowest BCUT2D eigenvalue weighted by Crippen LogP contribution is -1.98. The molecule has 1 heterocycles. The number of benzene rings is 1. The summed E-state index contributed by atoms with van der Waals surface area (Å²) in [6.07, 6.45) is 9.79. The van der Waals surface area contributed by atoms with E-state index in [0.29, 0.717) is 17.2 Å². The second-order valence-corrected chi connectivity index (χ2v) is 6.55. The molecule has 25 heavy (non-hydrogen) atoms. The molecule has 2 aromatic rings. The molecular formula is C20H23ClN2O2. The molecule has 4 nitrogen and oxygen atoms in total. The van der Waals surface area contributed by atoms with E-state index in [1.54, 1.807) is 25.4 Å². The Morgan fingerprint density at radius 3 is 2.64 bits per heavy atom. The average molecular weight is 359 g/mol. The lowest BCUT2D eigenvalue weighted by atomic mass is 10.0. The second kappa shape index (κ2) is 9.33. The van der Waals surface area contributed by atoms with Crippen molar-refractivity contribution in [1.82, 2.24) is 9.97 Å². The molecular weight excluding hydrogens is 336 g/mol. The van der Waals surface area contributed by atoms with Crippen LogP contribution >= 0.6 is 11.6 Å². The minimum absolute atomic E-state index is 0.181. The third-order valence-corrected chi connectivity index (χ3v) is 3.98. The van der Waals surface area contributed by atoms with Crippen LogP contribution in [0.2, 0.25) is 5.02 Å². The number of aromatic nitrogens is 2. The fourth-order valence-corrected chi connectivity index (χ4v) is 2.70. The van der Waals surface area contributed by atoms with Crippen molar-refractivity contribution in [1.29, 1.82) is 0 Å². The fourth-order valence-electron chi connectivity index (χ4n) is 2.43. The number of aryl methyl sites for hydroxylation is 1. The van der Waals surface area contributed by atoms with E-state index < -0.39 is 0 Å². The highest BCUT2D eigenvalue weighted by Crippen LogP contribution is 2.26. The molecule has 0 spiro atoms. The Labute approximate surface area is 153 Å². The zero-order valence-corrected chi connectivity index (χ0v) is 15.6. The normalized spacial score (nSPS) is 12.3. The smallest absolute Gasteiger partial charge is 0.321 e. The molecule has 5 heteroatoms. The van der Waals surface area contributed by atoms with E-state index in [-0.39, 0.29) is 17.7 Å². The van der Waals surface area contributed by atoms with Gasteiger partial charge in [0.1, 0.15) is 11.5 Å². The van der Waals surface area contributed by atoms with Crippen LogP contribution in [-0.2, 0) is 11.2 Å². The maximum atomic E-state index is 11.1. The number of rotatable bonds is 8. The van der Waals surface area contributed by atoms with Crippen LogP contribution in [0.3, 0.4) is 0 Å². The number of nitrogens with zero attached hydrogens (tertiary/aromatic N) is 2. The van der Waals surface area contributed by atoms with Crippen LogP contribution in [0.15, 0.2) is 36.7 Å². The molecule has 0 saturated carbocycles. The molecule has 0 amide bonds. The lowest BCUT2D eigenvalue weighted by molar-refractivity contribution is -0.117. The molecule has 2 rings (SSSR count). The molecule has 0 radical (unpaired) electrons. The van der Waals surface area contributed by atoms with Gasteiger partial charge in [0.25, 0.3) is 0 Å². The van der Waals surface area contributed by atoms with Gasteiger partial charge in [-0.1, -0.05) is 50.1 Å². The maximum absolute atomic E-state index is 11.1. The van der Waals surface area contributed by atoms with Gasteiger partial charge < -0.3 is 9.53 Å². The van der Waals surface area contributed by atoms with E-state index in [2.05, 4.69) is 16.9 Å². The summed E-state index contributed by atoms with van der Waals surface area (Å²) >= 11 is 6.25. The molecule has 0 aliphatic carbocycles. The first-order valence-corrected chi connectivity index (χ1v) is 8.81. The SMILES string of the molecule is CCCc1ccc(Oc2ncc(/C=C/[C@H](C)CC(C)=O)cn2)cc1Cl. The fraction of sp³-hybridized carbons (Fsp3) is 0.350. The monoisotopic (exact) mass is 358 g/mol. The summed E-state index contributed by atoms with van der Waals surface area (Å²) in [7, 11) is 0. The van der Waals surface area contributed by atoms with Crippen molar-refractivity contribution < 1.29 is 9.53 Å². The zero-order valence-electron chi connectivity index (χ0n) is 14.8. The molecule has 0 N–H and O–H groups in total.